The highest BCUT2D eigenvalue weighted by atomic mass is 79.9. The SMILES string of the molecule is COc1ccc(SCC2CCCCC2)cc1Br. The van der Waals surface area contributed by atoms with E-state index >= 15 is 0 Å². The lowest BCUT2D eigenvalue weighted by Crippen LogP contribution is -2.08. The second kappa shape index (κ2) is 6.69. The summed E-state index contributed by atoms with van der Waals surface area (Å²) in [5.41, 5.74) is 0. The lowest BCUT2D eigenvalue weighted by atomic mass is 9.91. The maximum Gasteiger partial charge on any atom is 0.133 e. The molecule has 2 rings (SSSR count). The summed E-state index contributed by atoms with van der Waals surface area (Å²) in [7, 11) is 1.70. The predicted octanol–water partition coefficient (Wildman–Crippen LogP) is 5.13. The smallest absolute Gasteiger partial charge is 0.133 e. The van der Waals surface area contributed by atoms with Crippen LogP contribution in [0.3, 0.4) is 0 Å². The molecule has 0 saturated heterocycles. The molecule has 1 aliphatic carbocycles. The van der Waals surface area contributed by atoms with Gasteiger partial charge in [-0.1, -0.05) is 19.3 Å². The van der Waals surface area contributed by atoms with Crippen molar-refractivity contribution in [3.05, 3.63) is 22.7 Å². The van der Waals surface area contributed by atoms with Crippen LogP contribution in [-0.4, -0.2) is 12.9 Å². The Hall–Kier alpha value is -0.150. The standard InChI is InChI=1S/C14H19BrOS/c1-16-14-8-7-12(9-13(14)15)17-10-11-5-3-2-4-6-11/h7-9,11H,2-6,10H2,1H3. The van der Waals surface area contributed by atoms with Gasteiger partial charge in [0.2, 0.25) is 0 Å². The van der Waals surface area contributed by atoms with Crippen molar-refractivity contribution in [1.29, 1.82) is 0 Å². The lowest BCUT2D eigenvalue weighted by molar-refractivity contribution is 0.391. The maximum atomic E-state index is 5.24. The Balaban J connectivity index is 1.87. The summed E-state index contributed by atoms with van der Waals surface area (Å²) in [6.07, 6.45) is 7.14. The van der Waals surface area contributed by atoms with Crippen molar-refractivity contribution in [3.8, 4) is 5.75 Å². The summed E-state index contributed by atoms with van der Waals surface area (Å²) in [4.78, 5) is 1.34. The van der Waals surface area contributed by atoms with Crippen molar-refractivity contribution in [3.63, 3.8) is 0 Å². The van der Waals surface area contributed by atoms with Crippen LogP contribution in [0.5, 0.6) is 5.75 Å². The number of thioether (sulfide) groups is 1. The molecule has 0 aromatic heterocycles. The number of rotatable bonds is 4. The van der Waals surface area contributed by atoms with E-state index in [9.17, 15) is 0 Å². The fourth-order valence-electron chi connectivity index (χ4n) is 2.30. The molecule has 1 saturated carbocycles. The first-order chi connectivity index (χ1) is 8.29. The van der Waals surface area contributed by atoms with Crippen LogP contribution < -0.4 is 4.74 Å². The second-order valence-electron chi connectivity index (χ2n) is 4.61. The van der Waals surface area contributed by atoms with Gasteiger partial charge in [-0.05, 0) is 52.9 Å². The molecule has 0 N–H and O–H groups in total. The van der Waals surface area contributed by atoms with E-state index in [1.807, 2.05) is 17.8 Å². The van der Waals surface area contributed by atoms with Gasteiger partial charge in [0.05, 0.1) is 11.6 Å². The van der Waals surface area contributed by atoms with Gasteiger partial charge < -0.3 is 4.74 Å². The van der Waals surface area contributed by atoms with Gasteiger partial charge in [-0.15, -0.1) is 11.8 Å². The molecule has 1 aromatic rings. The van der Waals surface area contributed by atoms with E-state index in [1.54, 1.807) is 7.11 Å². The van der Waals surface area contributed by atoms with Crippen LogP contribution in [0.15, 0.2) is 27.6 Å². The van der Waals surface area contributed by atoms with E-state index in [-0.39, 0.29) is 0 Å². The third-order valence-corrected chi connectivity index (χ3v) is 5.18. The molecule has 0 spiro atoms. The molecule has 0 unspecified atom stereocenters. The Labute approximate surface area is 116 Å². The summed E-state index contributed by atoms with van der Waals surface area (Å²) in [5, 5.41) is 0. The van der Waals surface area contributed by atoms with Gasteiger partial charge in [0.15, 0.2) is 0 Å². The summed E-state index contributed by atoms with van der Waals surface area (Å²) >= 11 is 5.51. The fourth-order valence-corrected chi connectivity index (χ4v) is 4.12. The number of ether oxygens (including phenoxy) is 1. The molecule has 3 heteroatoms. The van der Waals surface area contributed by atoms with E-state index < -0.39 is 0 Å². The van der Waals surface area contributed by atoms with Crippen molar-refractivity contribution in [2.24, 2.45) is 5.92 Å². The zero-order chi connectivity index (χ0) is 12.1. The van der Waals surface area contributed by atoms with E-state index in [0.717, 1.165) is 16.1 Å². The third-order valence-electron chi connectivity index (χ3n) is 3.33. The highest BCUT2D eigenvalue weighted by Gasteiger charge is 2.13. The number of hydrogen-bond acceptors (Lipinski definition) is 2. The minimum atomic E-state index is 0.909. The monoisotopic (exact) mass is 314 g/mol. The van der Waals surface area contributed by atoms with Gasteiger partial charge in [0.1, 0.15) is 5.75 Å². The molecular formula is C14H19BrOS. The predicted molar refractivity (Wildman–Crippen MR) is 78.0 cm³/mol. The van der Waals surface area contributed by atoms with E-state index in [2.05, 4.69) is 28.1 Å². The van der Waals surface area contributed by atoms with Crippen molar-refractivity contribution < 1.29 is 4.74 Å². The van der Waals surface area contributed by atoms with Crippen molar-refractivity contribution in [1.82, 2.24) is 0 Å². The second-order valence-corrected chi connectivity index (χ2v) is 6.56. The van der Waals surface area contributed by atoms with Crippen LogP contribution >= 0.6 is 27.7 Å². The minimum Gasteiger partial charge on any atom is -0.496 e. The van der Waals surface area contributed by atoms with Crippen LogP contribution in [0, 0.1) is 5.92 Å². The molecule has 0 radical (unpaired) electrons. The van der Waals surface area contributed by atoms with Crippen molar-refractivity contribution in [2.45, 2.75) is 37.0 Å². The van der Waals surface area contributed by atoms with Crippen LogP contribution in [0.2, 0.25) is 0 Å². The van der Waals surface area contributed by atoms with Gasteiger partial charge in [-0.3, -0.25) is 0 Å². The van der Waals surface area contributed by atoms with Gasteiger partial charge >= 0.3 is 0 Å². The average Bonchev–Trinajstić information content (AvgIpc) is 2.38. The first-order valence-corrected chi connectivity index (χ1v) is 8.04. The van der Waals surface area contributed by atoms with Gasteiger partial charge in [0, 0.05) is 10.6 Å². The first kappa shape index (κ1) is 13.3. The molecule has 94 valence electrons. The zero-order valence-electron chi connectivity index (χ0n) is 10.2. The summed E-state index contributed by atoms with van der Waals surface area (Å²) in [6.45, 7) is 0. The quantitative estimate of drug-likeness (QED) is 0.712. The normalized spacial score (nSPS) is 17.1. The van der Waals surface area contributed by atoms with Gasteiger partial charge in [-0.2, -0.15) is 0 Å². The molecule has 1 aromatic carbocycles. The number of methoxy groups -OCH3 is 1. The molecule has 0 atom stereocenters. The Bertz CT molecular complexity index is 361. The van der Waals surface area contributed by atoms with Crippen LogP contribution in [0.25, 0.3) is 0 Å². The summed E-state index contributed by atoms with van der Waals surface area (Å²) in [6, 6.07) is 6.34. The topological polar surface area (TPSA) is 9.23 Å². The van der Waals surface area contributed by atoms with Gasteiger partial charge in [-0.25, -0.2) is 0 Å². The molecular weight excluding hydrogens is 296 g/mol. The highest BCUT2D eigenvalue weighted by molar-refractivity contribution is 9.10. The zero-order valence-corrected chi connectivity index (χ0v) is 12.6. The molecule has 0 aliphatic heterocycles. The minimum absolute atomic E-state index is 0.909. The number of hydrogen-bond donors (Lipinski definition) is 0. The van der Waals surface area contributed by atoms with Crippen molar-refractivity contribution >= 4 is 27.7 Å². The Morgan fingerprint density at radius 2 is 2.06 bits per heavy atom. The molecule has 1 nitrogen and oxygen atoms in total. The summed E-state index contributed by atoms with van der Waals surface area (Å²) < 4.78 is 6.29. The first-order valence-electron chi connectivity index (χ1n) is 6.26. The number of benzene rings is 1. The molecule has 0 heterocycles. The highest BCUT2D eigenvalue weighted by Crippen LogP contribution is 2.33. The summed E-state index contributed by atoms with van der Waals surface area (Å²) in [5.74, 6) is 3.10. The molecule has 0 amide bonds. The lowest BCUT2D eigenvalue weighted by Gasteiger charge is -2.21. The van der Waals surface area contributed by atoms with Crippen molar-refractivity contribution in [2.75, 3.05) is 12.9 Å². The molecule has 0 bridgehead atoms. The van der Waals surface area contributed by atoms with Crippen LogP contribution in [0.1, 0.15) is 32.1 Å². The Morgan fingerprint density at radius 1 is 1.29 bits per heavy atom. The number of halogens is 1. The Kier molecular flexibility index (Phi) is 5.23. The van der Waals surface area contributed by atoms with E-state index in [4.69, 9.17) is 4.74 Å². The fraction of sp³-hybridized carbons (Fsp3) is 0.571. The van der Waals surface area contributed by atoms with E-state index in [0.29, 0.717) is 0 Å². The molecule has 1 fully saturated rings. The Morgan fingerprint density at radius 3 is 2.71 bits per heavy atom. The van der Waals surface area contributed by atoms with Crippen LogP contribution in [-0.2, 0) is 0 Å². The van der Waals surface area contributed by atoms with Gasteiger partial charge in [0.25, 0.3) is 0 Å². The third kappa shape index (κ3) is 3.92. The molecule has 1 aliphatic rings. The molecule has 17 heavy (non-hydrogen) atoms. The van der Waals surface area contributed by atoms with Crippen LogP contribution in [0.4, 0.5) is 0 Å². The average molecular weight is 315 g/mol. The maximum absolute atomic E-state index is 5.24. The van der Waals surface area contributed by atoms with E-state index in [1.165, 1.54) is 42.8 Å². The largest absolute Gasteiger partial charge is 0.496 e.